The fourth-order valence-electron chi connectivity index (χ4n) is 3.67. The number of unbranched alkanes of at least 4 members (excludes halogenated alkanes) is 1. The predicted octanol–water partition coefficient (Wildman–Crippen LogP) is 12.0. The first-order valence-electron chi connectivity index (χ1n) is 16.7. The SMILES string of the molecule is CC.CC(C)(OC=O)C(=O)O.CC(C)C(=O)c1cc2nc(-c3ccc(Cl)cc3)cc(C(C)(C)C)c2o1.CCCC.CCCC(C)(C)C. The van der Waals surface area contributed by atoms with Crippen LogP contribution in [-0.4, -0.2) is 33.9 Å². The van der Waals surface area contributed by atoms with E-state index in [0.29, 0.717) is 27.3 Å². The predicted molar refractivity (Wildman–Crippen MR) is 197 cm³/mol. The van der Waals surface area contributed by atoms with Crippen LogP contribution in [-0.2, 0) is 19.7 Å². The average molecular weight is 676 g/mol. The number of hydrogen-bond acceptors (Lipinski definition) is 6. The van der Waals surface area contributed by atoms with Crippen LogP contribution in [0, 0.1) is 11.3 Å². The minimum atomic E-state index is -1.40. The Balaban J connectivity index is 0. The first-order valence-corrected chi connectivity index (χ1v) is 17.1. The number of Topliss-reactive ketones (excluding diaryl/α,β-unsaturated/α-hetero) is 1. The normalized spacial score (nSPS) is 11.0. The number of rotatable bonds is 8. The molecule has 0 aliphatic rings. The van der Waals surface area contributed by atoms with Gasteiger partial charge in [0.05, 0.1) is 5.69 Å². The van der Waals surface area contributed by atoms with Crippen LogP contribution in [0.15, 0.2) is 40.8 Å². The lowest BCUT2D eigenvalue weighted by atomic mass is 9.86. The van der Waals surface area contributed by atoms with Gasteiger partial charge in [0.25, 0.3) is 6.47 Å². The number of aromatic nitrogens is 1. The Labute approximate surface area is 289 Å². The third-order valence-electron chi connectivity index (χ3n) is 6.55. The van der Waals surface area contributed by atoms with E-state index in [4.69, 9.17) is 26.1 Å². The molecule has 0 bridgehead atoms. The zero-order chi connectivity index (χ0) is 37.2. The van der Waals surface area contributed by atoms with Crippen molar-refractivity contribution in [3.05, 3.63) is 52.7 Å². The molecule has 266 valence electrons. The molecule has 0 fully saturated rings. The van der Waals surface area contributed by atoms with Crippen LogP contribution in [0.2, 0.25) is 5.02 Å². The van der Waals surface area contributed by atoms with Crippen LogP contribution in [0.3, 0.4) is 0 Å². The number of ether oxygens (including phenoxy) is 1. The number of halogens is 1. The molecule has 1 aromatic carbocycles. The molecule has 0 unspecified atom stereocenters. The zero-order valence-electron chi connectivity index (χ0n) is 31.8. The summed E-state index contributed by atoms with van der Waals surface area (Å²) in [6.07, 6.45) is 5.29. The van der Waals surface area contributed by atoms with Crippen molar-refractivity contribution in [2.24, 2.45) is 11.3 Å². The van der Waals surface area contributed by atoms with Crippen LogP contribution in [0.1, 0.15) is 146 Å². The molecular weight excluding hydrogens is 614 g/mol. The molecule has 0 atom stereocenters. The highest BCUT2D eigenvalue weighted by Gasteiger charge is 2.28. The number of pyridine rings is 1. The van der Waals surface area contributed by atoms with Crippen LogP contribution in [0.5, 0.6) is 0 Å². The zero-order valence-corrected chi connectivity index (χ0v) is 32.5. The number of carbonyl (C=O) groups is 3. The van der Waals surface area contributed by atoms with Gasteiger partial charge in [0, 0.05) is 28.1 Å². The second-order valence-electron chi connectivity index (χ2n) is 14.0. The van der Waals surface area contributed by atoms with Gasteiger partial charge in [-0.05, 0) is 49.3 Å². The second kappa shape index (κ2) is 21.6. The highest BCUT2D eigenvalue weighted by Crippen LogP contribution is 2.35. The lowest BCUT2D eigenvalue weighted by molar-refractivity contribution is -0.166. The van der Waals surface area contributed by atoms with Crippen molar-refractivity contribution < 1.29 is 28.6 Å². The molecule has 3 rings (SSSR count). The molecule has 47 heavy (non-hydrogen) atoms. The topological polar surface area (TPSA) is 107 Å². The van der Waals surface area contributed by atoms with Gasteiger partial charge in [-0.1, -0.05) is 133 Å². The minimum Gasteiger partial charge on any atom is -0.478 e. The molecule has 3 aromatic rings. The van der Waals surface area contributed by atoms with Crippen molar-refractivity contribution >= 4 is 40.9 Å². The number of hydrogen-bond donors (Lipinski definition) is 1. The summed E-state index contributed by atoms with van der Waals surface area (Å²) in [5.74, 6) is -0.911. The number of furan rings is 1. The van der Waals surface area contributed by atoms with Crippen LogP contribution in [0.4, 0.5) is 0 Å². The Hall–Kier alpha value is -3.19. The first kappa shape index (κ1) is 45.9. The van der Waals surface area contributed by atoms with Crippen molar-refractivity contribution in [3.63, 3.8) is 0 Å². The standard InChI is InChI=1S/C21H22ClNO2.C7H16.C5H8O4.C4H10.C2H6/c1-12(2)19(24)18-11-17-20(25-18)15(21(3,4)5)10-16(23-17)13-6-8-14(22)9-7-13;1-5-6-7(2,3)4;1-5(2,4(7)8)9-3-6;1-3-4-2;1-2/h6-12H,1-5H3;5-6H2,1-4H3;3H,1-2H3,(H,7,8);3-4H2,1-2H3;1-2H3. The van der Waals surface area contributed by atoms with Crippen molar-refractivity contribution in [1.29, 1.82) is 0 Å². The maximum atomic E-state index is 12.3. The van der Waals surface area contributed by atoms with Gasteiger partial charge in [-0.25, -0.2) is 9.78 Å². The van der Waals surface area contributed by atoms with Gasteiger partial charge in [0.1, 0.15) is 5.52 Å². The number of carbonyl (C=O) groups excluding carboxylic acids is 2. The summed E-state index contributed by atoms with van der Waals surface area (Å²) in [4.78, 5) is 36.8. The van der Waals surface area contributed by atoms with Crippen LogP contribution in [0.25, 0.3) is 22.4 Å². The van der Waals surface area contributed by atoms with Crippen molar-refractivity contribution in [3.8, 4) is 11.3 Å². The summed E-state index contributed by atoms with van der Waals surface area (Å²) in [5.41, 5.74) is 3.27. The fraction of sp³-hybridized carbons (Fsp3) is 0.590. The van der Waals surface area contributed by atoms with E-state index in [9.17, 15) is 14.4 Å². The van der Waals surface area contributed by atoms with E-state index < -0.39 is 11.6 Å². The van der Waals surface area contributed by atoms with E-state index in [1.54, 1.807) is 6.07 Å². The molecule has 0 aliphatic carbocycles. The number of nitrogens with zero attached hydrogens (tertiary/aromatic N) is 1. The van der Waals surface area contributed by atoms with Crippen molar-refractivity contribution in [2.75, 3.05) is 0 Å². The molecular formula is C39H62ClNO6. The smallest absolute Gasteiger partial charge is 0.347 e. The third-order valence-corrected chi connectivity index (χ3v) is 6.80. The Morgan fingerprint density at radius 3 is 1.74 bits per heavy atom. The number of aliphatic carboxylic acids is 1. The summed E-state index contributed by atoms with van der Waals surface area (Å²) < 4.78 is 10.1. The number of fused-ring (bicyclic) bond motifs is 1. The van der Waals surface area contributed by atoms with E-state index in [1.165, 1.54) is 39.5 Å². The molecule has 0 aliphatic heterocycles. The second-order valence-corrected chi connectivity index (χ2v) is 14.4. The number of benzene rings is 1. The highest BCUT2D eigenvalue weighted by atomic mass is 35.5. The first-order chi connectivity index (χ1) is 21.6. The Morgan fingerprint density at radius 1 is 0.915 bits per heavy atom. The third kappa shape index (κ3) is 17.5. The summed E-state index contributed by atoms with van der Waals surface area (Å²) >= 11 is 5.99. The maximum absolute atomic E-state index is 12.3. The van der Waals surface area contributed by atoms with Crippen molar-refractivity contribution in [2.45, 2.75) is 141 Å². The quantitative estimate of drug-likeness (QED) is 0.187. The number of ketones is 1. The molecule has 2 aromatic heterocycles. The molecule has 0 saturated heterocycles. The lowest BCUT2D eigenvalue weighted by Gasteiger charge is -2.20. The number of carboxylic acid groups (broad SMARTS) is 1. The average Bonchev–Trinajstić information content (AvgIpc) is 3.41. The van der Waals surface area contributed by atoms with Crippen LogP contribution < -0.4 is 0 Å². The van der Waals surface area contributed by atoms with E-state index in [1.807, 2.05) is 58.0 Å². The van der Waals surface area contributed by atoms with Gasteiger partial charge in [0.2, 0.25) is 11.4 Å². The number of carboxylic acids is 1. The van der Waals surface area contributed by atoms with E-state index >= 15 is 0 Å². The van der Waals surface area contributed by atoms with Crippen LogP contribution >= 0.6 is 11.6 Å². The van der Waals surface area contributed by atoms with Crippen molar-refractivity contribution in [1.82, 2.24) is 4.98 Å². The molecule has 7 nitrogen and oxygen atoms in total. The molecule has 1 N–H and O–H groups in total. The molecule has 8 heteroatoms. The summed E-state index contributed by atoms with van der Waals surface area (Å²) in [7, 11) is 0. The van der Waals surface area contributed by atoms with E-state index in [0.717, 1.165) is 16.8 Å². The molecule has 0 radical (unpaired) electrons. The Kier molecular flexibility index (Phi) is 21.1. The van der Waals surface area contributed by atoms with Gasteiger partial charge >= 0.3 is 5.97 Å². The summed E-state index contributed by atoms with van der Waals surface area (Å²) in [5, 5.41) is 8.98. The Bertz CT molecular complexity index is 1340. The van der Waals surface area contributed by atoms with Gasteiger partial charge in [0.15, 0.2) is 11.3 Å². The molecule has 0 amide bonds. The van der Waals surface area contributed by atoms with E-state index in [-0.39, 0.29) is 23.6 Å². The fourth-order valence-corrected chi connectivity index (χ4v) is 3.80. The van der Waals surface area contributed by atoms with E-state index in [2.05, 4.69) is 67.1 Å². The monoisotopic (exact) mass is 675 g/mol. The summed E-state index contributed by atoms with van der Waals surface area (Å²) in [6, 6.07) is 11.4. The summed E-state index contributed by atoms with van der Waals surface area (Å²) in [6.45, 7) is 30.2. The Morgan fingerprint density at radius 2 is 1.43 bits per heavy atom. The lowest BCUT2D eigenvalue weighted by Crippen LogP contribution is -2.34. The van der Waals surface area contributed by atoms with Gasteiger partial charge < -0.3 is 14.3 Å². The minimum absolute atomic E-state index is 0.00842. The van der Waals surface area contributed by atoms with Gasteiger partial charge in [-0.15, -0.1) is 0 Å². The van der Waals surface area contributed by atoms with Gasteiger partial charge in [-0.3, -0.25) is 9.59 Å². The molecule has 0 saturated carbocycles. The highest BCUT2D eigenvalue weighted by molar-refractivity contribution is 6.30. The molecule has 2 heterocycles. The van der Waals surface area contributed by atoms with Gasteiger partial charge in [-0.2, -0.15) is 0 Å². The molecule has 0 spiro atoms. The maximum Gasteiger partial charge on any atom is 0.347 e. The largest absolute Gasteiger partial charge is 0.478 e.